The highest BCUT2D eigenvalue weighted by Crippen LogP contribution is 2.32. The van der Waals surface area contributed by atoms with Gasteiger partial charge >= 0.3 is 0 Å². The number of hydrogen-bond acceptors (Lipinski definition) is 5. The Bertz CT molecular complexity index is 1380. The van der Waals surface area contributed by atoms with Crippen LogP contribution in [-0.2, 0) is 4.79 Å². The van der Waals surface area contributed by atoms with Crippen LogP contribution in [0.2, 0.25) is 0 Å². The molecule has 1 aromatic heterocycles. The lowest BCUT2D eigenvalue weighted by Crippen LogP contribution is -2.18. The number of hydrogen-bond donors (Lipinski definition) is 1. The van der Waals surface area contributed by atoms with E-state index < -0.39 is 0 Å². The second kappa shape index (κ2) is 10.9. The molecule has 0 unspecified atom stereocenters. The highest BCUT2D eigenvalue weighted by Gasteiger charge is 2.23. The van der Waals surface area contributed by atoms with E-state index in [9.17, 15) is 9.59 Å². The summed E-state index contributed by atoms with van der Waals surface area (Å²) in [5, 5.41) is 12.1. The zero-order valence-corrected chi connectivity index (χ0v) is 22.0. The summed E-state index contributed by atoms with van der Waals surface area (Å²) in [6.07, 6.45) is 0. The second-order valence-electron chi connectivity index (χ2n) is 9.12. The van der Waals surface area contributed by atoms with Gasteiger partial charge in [-0.3, -0.25) is 14.2 Å². The van der Waals surface area contributed by atoms with Crippen molar-refractivity contribution < 1.29 is 9.59 Å². The first-order chi connectivity index (χ1) is 17.2. The number of benzene rings is 3. The summed E-state index contributed by atoms with van der Waals surface area (Å²) >= 11 is 1.38. The van der Waals surface area contributed by atoms with Gasteiger partial charge in [-0.25, -0.2) is 0 Å². The summed E-state index contributed by atoms with van der Waals surface area (Å²) < 4.78 is 2.01. The van der Waals surface area contributed by atoms with Gasteiger partial charge in [0.15, 0.2) is 16.8 Å². The number of carbonyl (C=O) groups is 2. The molecule has 0 bridgehead atoms. The fourth-order valence-corrected chi connectivity index (χ4v) is 4.61. The first-order valence-electron chi connectivity index (χ1n) is 11.9. The average molecular weight is 499 g/mol. The summed E-state index contributed by atoms with van der Waals surface area (Å²) in [5.74, 6) is 0.542. The summed E-state index contributed by atoms with van der Waals surface area (Å²) in [4.78, 5) is 25.2. The Labute approximate surface area is 216 Å². The fourth-order valence-electron chi connectivity index (χ4n) is 3.67. The molecule has 0 aliphatic carbocycles. The normalized spacial score (nSPS) is 11.9. The van der Waals surface area contributed by atoms with Crippen LogP contribution in [-0.4, -0.2) is 31.7 Å². The molecule has 0 spiro atoms. The van der Waals surface area contributed by atoms with E-state index in [0.717, 1.165) is 17.1 Å². The van der Waals surface area contributed by atoms with E-state index in [2.05, 4.69) is 47.6 Å². The van der Waals surface area contributed by atoms with Crippen molar-refractivity contribution in [2.45, 2.75) is 45.0 Å². The number of aryl methyl sites for hydroxylation is 2. The molecule has 1 N–H and O–H groups in total. The van der Waals surface area contributed by atoms with E-state index in [1.807, 2.05) is 55.7 Å². The molecular formula is C29H30N4O2S. The summed E-state index contributed by atoms with van der Waals surface area (Å²) in [6, 6.07) is 23.2. The Hall–Kier alpha value is -3.71. The standard InChI is InChI=1S/C29H30N4O2S/c1-18(2)28(35)30-24-14-12-22(13-15-24)26(34)21(5)36-29-32-31-27(23-9-7-6-8-10-23)33(29)25-16-11-19(3)20(4)17-25/h6-18,21H,1-5H3,(H,30,35)/t21-/m0/s1. The number of amides is 1. The summed E-state index contributed by atoms with van der Waals surface area (Å²) in [7, 11) is 0. The number of rotatable bonds is 8. The van der Waals surface area contributed by atoms with E-state index in [-0.39, 0.29) is 22.9 Å². The second-order valence-corrected chi connectivity index (χ2v) is 10.4. The first kappa shape index (κ1) is 25.4. The van der Waals surface area contributed by atoms with Crippen LogP contribution in [0.15, 0.2) is 78.0 Å². The molecule has 6 nitrogen and oxygen atoms in total. The van der Waals surface area contributed by atoms with Gasteiger partial charge in [0.25, 0.3) is 0 Å². The van der Waals surface area contributed by atoms with Gasteiger partial charge in [-0.05, 0) is 68.3 Å². The number of ketones is 1. The van der Waals surface area contributed by atoms with E-state index in [4.69, 9.17) is 0 Å². The van der Waals surface area contributed by atoms with Crippen molar-refractivity contribution in [1.82, 2.24) is 14.8 Å². The maximum atomic E-state index is 13.2. The number of Topliss-reactive ketones (excluding diaryl/α,β-unsaturated/α-hetero) is 1. The molecule has 1 heterocycles. The van der Waals surface area contributed by atoms with Crippen molar-refractivity contribution in [2.24, 2.45) is 5.92 Å². The number of nitrogens with one attached hydrogen (secondary N) is 1. The maximum Gasteiger partial charge on any atom is 0.226 e. The van der Waals surface area contributed by atoms with Crippen molar-refractivity contribution in [1.29, 1.82) is 0 Å². The van der Waals surface area contributed by atoms with Gasteiger partial charge in [0.2, 0.25) is 5.91 Å². The first-order valence-corrected chi connectivity index (χ1v) is 12.8. The van der Waals surface area contributed by atoms with Crippen LogP contribution in [0.5, 0.6) is 0 Å². The van der Waals surface area contributed by atoms with Crippen LogP contribution in [0.25, 0.3) is 17.1 Å². The van der Waals surface area contributed by atoms with E-state index in [0.29, 0.717) is 16.4 Å². The smallest absolute Gasteiger partial charge is 0.226 e. The van der Waals surface area contributed by atoms with Crippen LogP contribution in [0.4, 0.5) is 5.69 Å². The Kier molecular flexibility index (Phi) is 7.70. The van der Waals surface area contributed by atoms with Gasteiger partial charge in [-0.2, -0.15) is 0 Å². The number of thioether (sulfide) groups is 1. The number of aromatic nitrogens is 3. The highest BCUT2D eigenvalue weighted by atomic mass is 32.2. The number of anilines is 1. The highest BCUT2D eigenvalue weighted by molar-refractivity contribution is 8.00. The lowest BCUT2D eigenvalue weighted by molar-refractivity contribution is -0.118. The third-order valence-corrected chi connectivity index (χ3v) is 7.07. The van der Waals surface area contributed by atoms with Crippen molar-refractivity contribution in [3.63, 3.8) is 0 Å². The molecule has 4 rings (SSSR count). The van der Waals surface area contributed by atoms with Gasteiger partial charge in [0.05, 0.1) is 10.9 Å². The maximum absolute atomic E-state index is 13.2. The molecule has 3 aromatic carbocycles. The molecule has 36 heavy (non-hydrogen) atoms. The molecule has 0 aliphatic rings. The van der Waals surface area contributed by atoms with Crippen molar-refractivity contribution >= 4 is 29.1 Å². The molecule has 0 fully saturated rings. The van der Waals surface area contributed by atoms with Gasteiger partial charge < -0.3 is 5.32 Å². The molecule has 0 saturated heterocycles. The van der Waals surface area contributed by atoms with Gasteiger partial charge in [-0.15, -0.1) is 10.2 Å². The number of carbonyl (C=O) groups excluding carboxylic acids is 2. The number of nitrogens with zero attached hydrogens (tertiary/aromatic N) is 3. The zero-order chi connectivity index (χ0) is 25.8. The molecule has 184 valence electrons. The van der Waals surface area contributed by atoms with E-state index in [1.165, 1.54) is 22.9 Å². The molecule has 0 radical (unpaired) electrons. The summed E-state index contributed by atoms with van der Waals surface area (Å²) in [5.41, 5.74) is 5.54. The van der Waals surface area contributed by atoms with Crippen molar-refractivity contribution in [2.75, 3.05) is 5.32 Å². The van der Waals surface area contributed by atoms with Gasteiger partial charge in [0.1, 0.15) is 0 Å². The summed E-state index contributed by atoms with van der Waals surface area (Å²) in [6.45, 7) is 9.72. The molecule has 1 atom stereocenters. The average Bonchev–Trinajstić information content (AvgIpc) is 3.29. The predicted octanol–water partition coefficient (Wildman–Crippen LogP) is 6.51. The van der Waals surface area contributed by atoms with Crippen LogP contribution >= 0.6 is 11.8 Å². The quantitative estimate of drug-likeness (QED) is 0.221. The van der Waals surface area contributed by atoms with Crippen LogP contribution in [0.3, 0.4) is 0 Å². The van der Waals surface area contributed by atoms with Crippen molar-refractivity contribution in [3.8, 4) is 17.1 Å². The van der Waals surface area contributed by atoms with E-state index >= 15 is 0 Å². The SMILES string of the molecule is Cc1ccc(-n2c(S[C@@H](C)C(=O)c3ccc(NC(=O)C(C)C)cc3)nnc2-c2ccccc2)cc1C. The Morgan fingerprint density at radius 3 is 2.19 bits per heavy atom. The predicted molar refractivity (Wildman–Crippen MR) is 146 cm³/mol. The molecule has 7 heteroatoms. The third-order valence-electron chi connectivity index (χ3n) is 6.03. The monoisotopic (exact) mass is 498 g/mol. The van der Waals surface area contributed by atoms with Gasteiger partial charge in [-0.1, -0.05) is 62.0 Å². The minimum absolute atomic E-state index is 0.0161. The van der Waals surface area contributed by atoms with Crippen LogP contribution in [0.1, 0.15) is 42.3 Å². The zero-order valence-electron chi connectivity index (χ0n) is 21.1. The topological polar surface area (TPSA) is 76.9 Å². The Balaban J connectivity index is 1.61. The molecule has 0 saturated carbocycles. The van der Waals surface area contributed by atoms with Crippen LogP contribution < -0.4 is 5.32 Å². The fraction of sp³-hybridized carbons (Fsp3) is 0.241. The molecule has 0 aliphatic heterocycles. The largest absolute Gasteiger partial charge is 0.326 e. The third kappa shape index (κ3) is 5.57. The lowest BCUT2D eigenvalue weighted by Gasteiger charge is -2.15. The van der Waals surface area contributed by atoms with E-state index in [1.54, 1.807) is 24.3 Å². The molecular weight excluding hydrogens is 468 g/mol. The van der Waals surface area contributed by atoms with Crippen molar-refractivity contribution in [3.05, 3.63) is 89.5 Å². The molecule has 4 aromatic rings. The van der Waals surface area contributed by atoms with Crippen LogP contribution in [0, 0.1) is 19.8 Å². The minimum atomic E-state index is -0.390. The lowest BCUT2D eigenvalue weighted by atomic mass is 10.1. The Morgan fingerprint density at radius 1 is 0.861 bits per heavy atom. The van der Waals surface area contributed by atoms with Gasteiger partial charge in [0, 0.05) is 22.7 Å². The minimum Gasteiger partial charge on any atom is -0.326 e. The molecule has 1 amide bonds. The Morgan fingerprint density at radius 2 is 1.56 bits per heavy atom.